The van der Waals surface area contributed by atoms with Crippen LogP contribution in [0.3, 0.4) is 0 Å². The number of carbonyl (C=O) groups excluding carboxylic acids is 1. The number of aryl methyl sites for hydroxylation is 1. The first-order valence-electron chi connectivity index (χ1n) is 6.24. The summed E-state index contributed by atoms with van der Waals surface area (Å²) in [5.74, 6) is -0.627. The summed E-state index contributed by atoms with van der Waals surface area (Å²) in [6.07, 6.45) is 0. The van der Waals surface area contributed by atoms with Crippen LogP contribution in [0, 0.1) is 12.8 Å². The van der Waals surface area contributed by atoms with E-state index in [4.69, 9.17) is 5.73 Å². The highest BCUT2D eigenvalue weighted by Gasteiger charge is 2.24. The van der Waals surface area contributed by atoms with Gasteiger partial charge in [0.25, 0.3) is 0 Å². The maximum Gasteiger partial charge on any atom is 0.242 e. The number of nitrogens with two attached hydrogens (primary N) is 1. The maximum absolute atomic E-state index is 12.4. The zero-order valence-corrected chi connectivity index (χ0v) is 13.0. The van der Waals surface area contributed by atoms with E-state index in [0.717, 1.165) is 9.87 Å². The first-order valence-corrected chi connectivity index (χ1v) is 7.68. The van der Waals surface area contributed by atoms with E-state index in [1.54, 1.807) is 13.0 Å². The van der Waals surface area contributed by atoms with Crippen LogP contribution in [0.15, 0.2) is 23.1 Å². The van der Waals surface area contributed by atoms with Gasteiger partial charge in [0.1, 0.15) is 0 Å². The number of rotatable bonds is 5. The molecule has 1 rings (SSSR count). The molecule has 0 spiro atoms. The molecule has 0 saturated heterocycles. The average Bonchev–Trinajstić information content (AvgIpc) is 2.40. The van der Waals surface area contributed by atoms with Gasteiger partial charge in [0.05, 0.1) is 4.90 Å². The fraction of sp³-hybridized carbons (Fsp3) is 0.462. The molecule has 1 aromatic carbocycles. The van der Waals surface area contributed by atoms with Gasteiger partial charge in [-0.1, -0.05) is 13.0 Å². The normalized spacial score (nSPS) is 13.2. The van der Waals surface area contributed by atoms with Crippen molar-refractivity contribution in [3.8, 4) is 0 Å². The third kappa shape index (κ3) is 3.49. The van der Waals surface area contributed by atoms with Crippen molar-refractivity contribution in [2.24, 2.45) is 5.92 Å². The number of hydrogen-bond donors (Lipinski definition) is 2. The number of benzene rings is 1. The molecule has 112 valence electrons. The van der Waals surface area contributed by atoms with Crippen LogP contribution in [0.5, 0.6) is 0 Å². The van der Waals surface area contributed by atoms with Gasteiger partial charge >= 0.3 is 0 Å². The first kappa shape index (κ1) is 16.5. The number of nitrogen functional groups attached to an aromatic ring is 1. The lowest BCUT2D eigenvalue weighted by Crippen LogP contribution is -2.37. The number of nitrogens with zero attached hydrogens (tertiary/aromatic N) is 1. The van der Waals surface area contributed by atoms with E-state index in [1.165, 1.54) is 26.2 Å². The summed E-state index contributed by atoms with van der Waals surface area (Å²) in [5.41, 5.74) is 7.00. The number of nitrogens with one attached hydrogen (secondary N) is 1. The minimum atomic E-state index is -3.64. The molecule has 1 unspecified atom stereocenters. The number of amides is 1. The molecule has 0 aliphatic rings. The van der Waals surface area contributed by atoms with Gasteiger partial charge < -0.3 is 11.1 Å². The van der Waals surface area contributed by atoms with Crippen molar-refractivity contribution in [1.82, 2.24) is 9.62 Å². The zero-order chi connectivity index (χ0) is 15.5. The summed E-state index contributed by atoms with van der Waals surface area (Å²) in [5, 5.41) is 2.50. The Bertz CT molecular complexity index is 599. The van der Waals surface area contributed by atoms with Crippen LogP contribution in [-0.2, 0) is 14.8 Å². The first-order chi connectivity index (χ1) is 9.20. The van der Waals surface area contributed by atoms with Crippen LogP contribution in [0.4, 0.5) is 5.69 Å². The lowest BCUT2D eigenvalue weighted by molar-refractivity contribution is -0.124. The van der Waals surface area contributed by atoms with Crippen LogP contribution in [0.1, 0.15) is 12.5 Å². The largest absolute Gasteiger partial charge is 0.398 e. The Kier molecular flexibility index (Phi) is 5.13. The van der Waals surface area contributed by atoms with E-state index < -0.39 is 15.9 Å². The number of sulfonamides is 1. The van der Waals surface area contributed by atoms with E-state index in [2.05, 4.69) is 5.32 Å². The van der Waals surface area contributed by atoms with Gasteiger partial charge in [0.2, 0.25) is 15.9 Å². The molecule has 1 aromatic rings. The van der Waals surface area contributed by atoms with Crippen LogP contribution in [-0.4, -0.2) is 39.3 Å². The quantitative estimate of drug-likeness (QED) is 0.778. The Morgan fingerprint density at radius 3 is 2.55 bits per heavy atom. The molecule has 20 heavy (non-hydrogen) atoms. The second-order valence-electron chi connectivity index (χ2n) is 4.82. The fourth-order valence-electron chi connectivity index (χ4n) is 1.77. The second-order valence-corrected chi connectivity index (χ2v) is 6.86. The summed E-state index contributed by atoms with van der Waals surface area (Å²) < 4.78 is 25.9. The molecule has 0 fully saturated rings. The number of hydrogen-bond acceptors (Lipinski definition) is 4. The Labute approximate surface area is 120 Å². The van der Waals surface area contributed by atoms with Gasteiger partial charge in [-0.15, -0.1) is 0 Å². The third-order valence-corrected chi connectivity index (χ3v) is 5.00. The topological polar surface area (TPSA) is 92.5 Å². The molecule has 0 aliphatic carbocycles. The summed E-state index contributed by atoms with van der Waals surface area (Å²) in [7, 11) is -0.671. The summed E-state index contributed by atoms with van der Waals surface area (Å²) in [6.45, 7) is 3.59. The molecule has 6 nitrogen and oxygen atoms in total. The fourth-order valence-corrected chi connectivity index (χ4v) is 3.07. The summed E-state index contributed by atoms with van der Waals surface area (Å²) in [4.78, 5) is 11.6. The van der Waals surface area contributed by atoms with Gasteiger partial charge in [0, 0.05) is 32.2 Å². The highest BCUT2D eigenvalue weighted by atomic mass is 32.2. The van der Waals surface area contributed by atoms with Gasteiger partial charge in [-0.3, -0.25) is 4.79 Å². The van der Waals surface area contributed by atoms with Crippen LogP contribution < -0.4 is 11.1 Å². The predicted molar refractivity (Wildman–Crippen MR) is 78.6 cm³/mol. The van der Waals surface area contributed by atoms with E-state index in [-0.39, 0.29) is 17.3 Å². The van der Waals surface area contributed by atoms with Crippen LogP contribution >= 0.6 is 0 Å². The van der Waals surface area contributed by atoms with Crippen molar-refractivity contribution < 1.29 is 13.2 Å². The van der Waals surface area contributed by atoms with Gasteiger partial charge in [-0.05, 0) is 24.6 Å². The van der Waals surface area contributed by atoms with Crippen LogP contribution in [0.2, 0.25) is 0 Å². The zero-order valence-electron chi connectivity index (χ0n) is 12.2. The Morgan fingerprint density at radius 1 is 1.45 bits per heavy atom. The molecule has 0 saturated carbocycles. The van der Waals surface area contributed by atoms with Crippen molar-refractivity contribution >= 4 is 21.6 Å². The molecule has 0 heterocycles. The monoisotopic (exact) mass is 299 g/mol. The molecule has 1 atom stereocenters. The van der Waals surface area contributed by atoms with Crippen molar-refractivity contribution in [3.63, 3.8) is 0 Å². The standard InChI is InChI=1S/C13H21N3O3S/c1-9-5-6-11(7-12(9)14)20(18,19)16(4)8-10(2)13(17)15-3/h5-7,10H,8,14H2,1-4H3,(H,15,17). The molecule has 0 radical (unpaired) electrons. The molecule has 0 aromatic heterocycles. The molecule has 7 heteroatoms. The van der Waals surface area contributed by atoms with E-state index >= 15 is 0 Å². The van der Waals surface area contributed by atoms with E-state index in [1.807, 2.05) is 6.92 Å². The highest BCUT2D eigenvalue weighted by Crippen LogP contribution is 2.20. The molecule has 0 aliphatic heterocycles. The molecule has 3 N–H and O–H groups in total. The van der Waals surface area contributed by atoms with Gasteiger partial charge in [-0.25, -0.2) is 12.7 Å². The van der Waals surface area contributed by atoms with E-state index in [9.17, 15) is 13.2 Å². The molecular formula is C13H21N3O3S. The van der Waals surface area contributed by atoms with Crippen molar-refractivity contribution in [3.05, 3.63) is 23.8 Å². The Hall–Kier alpha value is -1.60. The molecule has 1 amide bonds. The Morgan fingerprint density at radius 2 is 2.05 bits per heavy atom. The number of carbonyl (C=O) groups is 1. The minimum Gasteiger partial charge on any atom is -0.398 e. The molecular weight excluding hydrogens is 278 g/mol. The molecule has 0 bridgehead atoms. The highest BCUT2D eigenvalue weighted by molar-refractivity contribution is 7.89. The van der Waals surface area contributed by atoms with Crippen molar-refractivity contribution in [2.45, 2.75) is 18.7 Å². The van der Waals surface area contributed by atoms with Crippen LogP contribution in [0.25, 0.3) is 0 Å². The lowest BCUT2D eigenvalue weighted by atomic mass is 10.2. The number of anilines is 1. The predicted octanol–water partition coefficient (Wildman–Crippen LogP) is 0.580. The summed E-state index contributed by atoms with van der Waals surface area (Å²) >= 11 is 0. The van der Waals surface area contributed by atoms with E-state index in [0.29, 0.717) is 5.69 Å². The van der Waals surface area contributed by atoms with Gasteiger partial charge in [-0.2, -0.15) is 0 Å². The Balaban J connectivity index is 2.98. The third-order valence-electron chi connectivity index (χ3n) is 3.18. The average molecular weight is 299 g/mol. The minimum absolute atomic E-state index is 0.107. The van der Waals surface area contributed by atoms with Crippen molar-refractivity contribution in [2.75, 3.05) is 26.4 Å². The maximum atomic E-state index is 12.4. The van der Waals surface area contributed by atoms with Gasteiger partial charge in [0.15, 0.2) is 0 Å². The second kappa shape index (κ2) is 6.23. The lowest BCUT2D eigenvalue weighted by Gasteiger charge is -2.20. The van der Waals surface area contributed by atoms with Crippen molar-refractivity contribution in [1.29, 1.82) is 0 Å². The smallest absolute Gasteiger partial charge is 0.242 e. The summed E-state index contributed by atoms with van der Waals surface area (Å²) in [6, 6.07) is 4.62. The SMILES string of the molecule is CNC(=O)C(C)CN(C)S(=O)(=O)c1ccc(C)c(N)c1.